The molecule has 5 nitrogen and oxygen atoms in total. The van der Waals surface area contributed by atoms with Gasteiger partial charge in [0.25, 0.3) is 5.56 Å². The van der Waals surface area contributed by atoms with E-state index < -0.39 is 0 Å². The summed E-state index contributed by atoms with van der Waals surface area (Å²) in [4.78, 5) is 15.0. The van der Waals surface area contributed by atoms with E-state index in [0.717, 1.165) is 52.6 Å². The minimum atomic E-state index is -0.0549. The monoisotopic (exact) mass is 382 g/mol. The minimum absolute atomic E-state index is 0. The van der Waals surface area contributed by atoms with Crippen molar-refractivity contribution in [2.75, 3.05) is 13.1 Å². The zero-order valence-electron chi connectivity index (χ0n) is 11.8. The van der Waals surface area contributed by atoms with Crippen molar-refractivity contribution >= 4 is 44.9 Å². The second-order valence-corrected chi connectivity index (χ2v) is 6.42. The van der Waals surface area contributed by atoms with Gasteiger partial charge in [-0.2, -0.15) is 5.10 Å². The Morgan fingerprint density at radius 2 is 2.00 bits per heavy atom. The van der Waals surface area contributed by atoms with Gasteiger partial charge in [0.15, 0.2) is 0 Å². The van der Waals surface area contributed by atoms with Crippen molar-refractivity contribution in [1.29, 1.82) is 0 Å². The number of hydrogen-bond acceptors (Lipinski definition) is 3. The summed E-state index contributed by atoms with van der Waals surface area (Å²) in [5, 5.41) is 9.03. The van der Waals surface area contributed by atoms with Crippen LogP contribution in [-0.4, -0.2) is 27.7 Å². The summed E-state index contributed by atoms with van der Waals surface area (Å²) < 4.78 is 2.90. The zero-order chi connectivity index (χ0) is 14.4. The number of benzene rings is 1. The molecule has 1 fully saturated rings. The van der Waals surface area contributed by atoms with Crippen molar-refractivity contribution < 1.29 is 0 Å². The number of piperidine rings is 1. The Morgan fingerprint density at radius 1 is 1.23 bits per heavy atom. The largest absolute Gasteiger partial charge is 0.317 e. The third-order valence-corrected chi connectivity index (χ3v) is 4.65. The molecular formula is C15H16BrClN4O. The van der Waals surface area contributed by atoms with E-state index in [-0.39, 0.29) is 18.0 Å². The number of nitrogens with zero attached hydrogens (tertiary/aromatic N) is 2. The molecule has 0 spiro atoms. The lowest BCUT2D eigenvalue weighted by Crippen LogP contribution is -2.28. The third-order valence-electron chi connectivity index (χ3n) is 4.16. The van der Waals surface area contributed by atoms with Crippen LogP contribution in [0.15, 0.2) is 33.5 Å². The molecule has 0 amide bonds. The molecular weight excluding hydrogens is 368 g/mol. The molecule has 1 aliphatic heterocycles. The minimum Gasteiger partial charge on any atom is -0.317 e. The highest BCUT2D eigenvalue weighted by Gasteiger charge is 2.20. The van der Waals surface area contributed by atoms with Gasteiger partial charge in [-0.25, -0.2) is 4.52 Å². The molecule has 3 heterocycles. The normalized spacial score (nSPS) is 16.0. The molecule has 22 heavy (non-hydrogen) atoms. The van der Waals surface area contributed by atoms with Crippen LogP contribution in [0.4, 0.5) is 0 Å². The summed E-state index contributed by atoms with van der Waals surface area (Å²) in [6.45, 7) is 1.98. The van der Waals surface area contributed by atoms with E-state index in [0.29, 0.717) is 5.92 Å². The van der Waals surface area contributed by atoms with E-state index in [2.05, 4.69) is 31.3 Å². The number of nitrogens with one attached hydrogen (secondary N) is 2. The van der Waals surface area contributed by atoms with E-state index >= 15 is 0 Å². The van der Waals surface area contributed by atoms with E-state index in [1.807, 2.05) is 22.7 Å². The lowest BCUT2D eigenvalue weighted by atomic mass is 9.94. The lowest BCUT2D eigenvalue weighted by Gasteiger charge is -2.23. The summed E-state index contributed by atoms with van der Waals surface area (Å²) in [5.74, 6) is 0.383. The van der Waals surface area contributed by atoms with Crippen LogP contribution in [0.2, 0.25) is 0 Å². The van der Waals surface area contributed by atoms with Gasteiger partial charge in [0.2, 0.25) is 0 Å². The molecule has 7 heteroatoms. The molecule has 0 unspecified atom stereocenters. The Hall–Kier alpha value is -1.37. The van der Waals surface area contributed by atoms with Crippen molar-refractivity contribution in [3.63, 3.8) is 0 Å². The Bertz CT molecular complexity index is 882. The van der Waals surface area contributed by atoms with Gasteiger partial charge in [0.05, 0.1) is 11.2 Å². The van der Waals surface area contributed by atoms with Crippen molar-refractivity contribution in [2.24, 2.45) is 0 Å². The molecule has 3 aromatic rings. The SMILES string of the molecule is Cl.O=c1cc(C2CCNCC2)n2nc3cc(Br)ccc3c2[nH]1. The van der Waals surface area contributed by atoms with Crippen molar-refractivity contribution in [1.82, 2.24) is 19.9 Å². The summed E-state index contributed by atoms with van der Waals surface area (Å²) in [6, 6.07) is 7.64. The average molecular weight is 384 g/mol. The molecule has 1 saturated heterocycles. The molecule has 0 aliphatic carbocycles. The first-order chi connectivity index (χ1) is 10.2. The highest BCUT2D eigenvalue weighted by Crippen LogP contribution is 2.27. The zero-order valence-corrected chi connectivity index (χ0v) is 14.2. The highest BCUT2D eigenvalue weighted by atomic mass is 79.9. The van der Waals surface area contributed by atoms with E-state index in [9.17, 15) is 4.79 Å². The van der Waals surface area contributed by atoms with Gasteiger partial charge >= 0.3 is 0 Å². The second kappa shape index (κ2) is 6.02. The van der Waals surface area contributed by atoms with Crippen molar-refractivity contribution in [3.05, 3.63) is 44.8 Å². The van der Waals surface area contributed by atoms with Crippen molar-refractivity contribution in [2.45, 2.75) is 18.8 Å². The quantitative estimate of drug-likeness (QED) is 0.679. The first-order valence-electron chi connectivity index (χ1n) is 7.14. The fourth-order valence-corrected chi connectivity index (χ4v) is 3.47. The number of hydrogen-bond donors (Lipinski definition) is 2. The molecule has 0 radical (unpaired) electrons. The summed E-state index contributed by atoms with van der Waals surface area (Å²) in [7, 11) is 0. The number of aromatic nitrogens is 3. The summed E-state index contributed by atoms with van der Waals surface area (Å²) in [6.07, 6.45) is 2.08. The Kier molecular flexibility index (Phi) is 4.25. The number of halogens is 2. The van der Waals surface area contributed by atoms with Gasteiger partial charge < -0.3 is 10.3 Å². The maximum absolute atomic E-state index is 12.0. The van der Waals surface area contributed by atoms with Gasteiger partial charge in [0.1, 0.15) is 5.65 Å². The number of fused-ring (bicyclic) bond motifs is 3. The van der Waals surface area contributed by atoms with Gasteiger partial charge in [0, 0.05) is 21.8 Å². The van der Waals surface area contributed by atoms with Crippen LogP contribution in [0, 0.1) is 0 Å². The molecule has 2 aromatic heterocycles. The van der Waals surface area contributed by atoms with E-state index in [4.69, 9.17) is 0 Å². The predicted octanol–water partition coefficient (Wildman–Crippen LogP) is 2.83. The Labute approximate surface area is 141 Å². The molecule has 0 bridgehead atoms. The van der Waals surface area contributed by atoms with Crippen LogP contribution >= 0.6 is 28.3 Å². The fraction of sp³-hybridized carbons (Fsp3) is 0.333. The van der Waals surface area contributed by atoms with Crippen LogP contribution < -0.4 is 10.9 Å². The molecule has 1 aromatic carbocycles. The smallest absolute Gasteiger partial charge is 0.251 e. The summed E-state index contributed by atoms with van der Waals surface area (Å²) in [5.41, 5.74) is 2.64. The van der Waals surface area contributed by atoms with Gasteiger partial charge in [-0.15, -0.1) is 12.4 Å². The van der Waals surface area contributed by atoms with Gasteiger partial charge in [-0.05, 0) is 44.1 Å². The fourth-order valence-electron chi connectivity index (χ4n) is 3.12. The average Bonchev–Trinajstić information content (AvgIpc) is 2.84. The lowest BCUT2D eigenvalue weighted by molar-refractivity contribution is 0.446. The van der Waals surface area contributed by atoms with E-state index in [1.165, 1.54) is 0 Å². The molecule has 116 valence electrons. The Morgan fingerprint density at radius 3 is 2.77 bits per heavy atom. The Balaban J connectivity index is 0.00000144. The first kappa shape index (κ1) is 15.5. The van der Waals surface area contributed by atoms with Crippen LogP contribution in [0.5, 0.6) is 0 Å². The molecule has 4 rings (SSSR count). The highest BCUT2D eigenvalue weighted by molar-refractivity contribution is 9.10. The van der Waals surface area contributed by atoms with Crippen molar-refractivity contribution in [3.8, 4) is 0 Å². The van der Waals surface area contributed by atoms with Crippen LogP contribution in [0.3, 0.4) is 0 Å². The van der Waals surface area contributed by atoms with Crippen LogP contribution in [0.25, 0.3) is 16.6 Å². The van der Waals surface area contributed by atoms with Gasteiger partial charge in [-0.1, -0.05) is 15.9 Å². The standard InChI is InChI=1S/C15H15BrN4O.ClH/c16-10-1-2-11-12(7-10)19-20-13(8-14(21)18-15(11)20)9-3-5-17-6-4-9;/h1-2,7-9,17H,3-6H2,(H,18,21);1H. The first-order valence-corrected chi connectivity index (χ1v) is 7.93. The van der Waals surface area contributed by atoms with E-state index in [1.54, 1.807) is 6.07 Å². The predicted molar refractivity (Wildman–Crippen MR) is 93.1 cm³/mol. The molecule has 1 aliphatic rings. The topological polar surface area (TPSA) is 62.2 Å². The number of rotatable bonds is 1. The summed E-state index contributed by atoms with van der Waals surface area (Å²) >= 11 is 3.47. The maximum atomic E-state index is 12.0. The third kappa shape index (κ3) is 2.55. The number of H-pyrrole nitrogens is 1. The number of aromatic amines is 1. The molecule has 2 N–H and O–H groups in total. The van der Waals surface area contributed by atoms with Gasteiger partial charge in [-0.3, -0.25) is 4.79 Å². The van der Waals surface area contributed by atoms with Crippen LogP contribution in [-0.2, 0) is 0 Å². The molecule has 0 saturated carbocycles. The maximum Gasteiger partial charge on any atom is 0.251 e. The second-order valence-electron chi connectivity index (χ2n) is 5.50. The molecule has 0 atom stereocenters. The van der Waals surface area contributed by atoms with Crippen LogP contribution in [0.1, 0.15) is 24.5 Å².